The highest BCUT2D eigenvalue weighted by Crippen LogP contribution is 2.12. The fraction of sp³-hybridized carbons (Fsp3) is 0.471. The van der Waals surface area contributed by atoms with Gasteiger partial charge in [-0.1, -0.05) is 6.92 Å². The van der Waals surface area contributed by atoms with Crippen molar-refractivity contribution in [2.45, 2.75) is 31.2 Å². The smallest absolute Gasteiger partial charge is 0.338 e. The van der Waals surface area contributed by atoms with Gasteiger partial charge in [-0.3, -0.25) is 9.59 Å². The molecule has 0 aliphatic carbocycles. The molecule has 0 fully saturated rings. The maximum absolute atomic E-state index is 12.2. The van der Waals surface area contributed by atoms with Crippen molar-refractivity contribution in [3.63, 3.8) is 0 Å². The summed E-state index contributed by atoms with van der Waals surface area (Å²) in [5.74, 6) is -1.68. The summed E-state index contributed by atoms with van der Waals surface area (Å²) in [6, 6.07) is 4.98. The van der Waals surface area contributed by atoms with Gasteiger partial charge < -0.3 is 15.0 Å². The largest absolute Gasteiger partial charge is 0.452 e. The number of nitrogens with zero attached hydrogens (tertiary/aromatic N) is 1. The van der Waals surface area contributed by atoms with Crippen molar-refractivity contribution in [3.8, 4) is 0 Å². The SMILES string of the molecule is CC[C@H](C)NS(=O)(=O)c1ccc(C(=O)OCC(=O)NCC(=O)N(C)C)cc1. The molecule has 1 aromatic carbocycles. The molecule has 0 saturated heterocycles. The molecule has 0 unspecified atom stereocenters. The van der Waals surface area contributed by atoms with Crippen molar-refractivity contribution < 1.29 is 27.5 Å². The van der Waals surface area contributed by atoms with Crippen molar-refractivity contribution in [1.29, 1.82) is 0 Å². The van der Waals surface area contributed by atoms with E-state index >= 15 is 0 Å². The van der Waals surface area contributed by atoms with Crippen LogP contribution in [0.2, 0.25) is 0 Å². The van der Waals surface area contributed by atoms with Crippen LogP contribution in [-0.4, -0.2) is 64.4 Å². The number of hydrogen-bond donors (Lipinski definition) is 2. The summed E-state index contributed by atoms with van der Waals surface area (Å²) in [4.78, 5) is 36.2. The summed E-state index contributed by atoms with van der Waals surface area (Å²) in [5.41, 5.74) is 0.106. The van der Waals surface area contributed by atoms with Gasteiger partial charge in [0.05, 0.1) is 17.0 Å². The van der Waals surface area contributed by atoms with E-state index in [1.165, 1.54) is 29.2 Å². The minimum atomic E-state index is -3.66. The minimum Gasteiger partial charge on any atom is -0.452 e. The van der Waals surface area contributed by atoms with Gasteiger partial charge in [-0.2, -0.15) is 0 Å². The molecule has 0 aliphatic heterocycles. The number of sulfonamides is 1. The quantitative estimate of drug-likeness (QED) is 0.569. The average molecular weight is 399 g/mol. The second-order valence-electron chi connectivity index (χ2n) is 6.10. The fourth-order valence-electron chi connectivity index (χ4n) is 1.78. The molecule has 0 spiro atoms. The first kappa shape index (κ1) is 22.6. The molecular weight excluding hydrogens is 374 g/mol. The molecule has 27 heavy (non-hydrogen) atoms. The first-order valence-corrected chi connectivity index (χ1v) is 9.81. The zero-order valence-corrected chi connectivity index (χ0v) is 16.6. The first-order valence-electron chi connectivity index (χ1n) is 8.33. The number of benzene rings is 1. The van der Waals surface area contributed by atoms with Crippen LogP contribution in [0.25, 0.3) is 0 Å². The van der Waals surface area contributed by atoms with E-state index in [0.717, 1.165) is 0 Å². The number of rotatable bonds is 9. The van der Waals surface area contributed by atoms with E-state index in [1.54, 1.807) is 21.0 Å². The first-order chi connectivity index (χ1) is 12.6. The molecule has 9 nitrogen and oxygen atoms in total. The molecule has 2 N–H and O–H groups in total. The predicted molar refractivity (Wildman–Crippen MR) is 98.5 cm³/mol. The molecule has 0 aliphatic rings. The Balaban J connectivity index is 2.59. The summed E-state index contributed by atoms with van der Waals surface area (Å²) in [6.45, 7) is 2.87. The molecule has 150 valence electrons. The monoisotopic (exact) mass is 399 g/mol. The van der Waals surface area contributed by atoms with Gasteiger partial charge in [-0.15, -0.1) is 0 Å². The lowest BCUT2D eigenvalue weighted by atomic mass is 10.2. The van der Waals surface area contributed by atoms with Crippen LogP contribution in [-0.2, 0) is 24.3 Å². The third kappa shape index (κ3) is 7.35. The lowest BCUT2D eigenvalue weighted by Gasteiger charge is -2.12. The van der Waals surface area contributed by atoms with Crippen molar-refractivity contribution in [1.82, 2.24) is 14.9 Å². The zero-order valence-electron chi connectivity index (χ0n) is 15.8. The average Bonchev–Trinajstić information content (AvgIpc) is 2.63. The van der Waals surface area contributed by atoms with Gasteiger partial charge in [0.15, 0.2) is 6.61 Å². The number of nitrogens with one attached hydrogen (secondary N) is 2. The highest BCUT2D eigenvalue weighted by molar-refractivity contribution is 7.89. The molecule has 1 rings (SSSR count). The Bertz CT molecular complexity index is 774. The topological polar surface area (TPSA) is 122 Å². The standard InChI is InChI=1S/C17H25N3O6S/c1-5-12(2)19-27(24,25)14-8-6-13(7-9-14)17(23)26-11-15(21)18-10-16(22)20(3)4/h6-9,12,19H,5,10-11H2,1-4H3,(H,18,21)/t12-/m0/s1. The van der Waals surface area contributed by atoms with E-state index in [1.807, 2.05) is 6.92 Å². The molecule has 0 saturated carbocycles. The van der Waals surface area contributed by atoms with Crippen molar-refractivity contribution >= 4 is 27.8 Å². The van der Waals surface area contributed by atoms with E-state index in [9.17, 15) is 22.8 Å². The summed E-state index contributed by atoms with van der Waals surface area (Å²) in [5, 5.41) is 2.33. The third-order valence-electron chi connectivity index (χ3n) is 3.64. The van der Waals surface area contributed by atoms with Crippen molar-refractivity contribution in [3.05, 3.63) is 29.8 Å². The summed E-state index contributed by atoms with van der Waals surface area (Å²) < 4.78 is 31.7. The van der Waals surface area contributed by atoms with Gasteiger partial charge >= 0.3 is 5.97 Å². The van der Waals surface area contributed by atoms with E-state index in [0.29, 0.717) is 6.42 Å². The Hall–Kier alpha value is -2.46. The summed E-state index contributed by atoms with van der Waals surface area (Å²) in [7, 11) is -0.560. The maximum atomic E-state index is 12.2. The number of hydrogen-bond acceptors (Lipinski definition) is 6. The molecule has 0 heterocycles. The van der Waals surface area contributed by atoms with Crippen molar-refractivity contribution in [2.75, 3.05) is 27.2 Å². The summed E-state index contributed by atoms with van der Waals surface area (Å²) in [6.07, 6.45) is 0.645. The van der Waals surface area contributed by atoms with Crippen LogP contribution in [0.3, 0.4) is 0 Å². The van der Waals surface area contributed by atoms with Gasteiger partial charge in [0.2, 0.25) is 15.9 Å². The third-order valence-corrected chi connectivity index (χ3v) is 5.24. The number of ether oxygens (including phenoxy) is 1. The summed E-state index contributed by atoms with van der Waals surface area (Å²) >= 11 is 0. The van der Waals surface area contributed by atoms with Crippen LogP contribution in [0.15, 0.2) is 29.2 Å². The van der Waals surface area contributed by atoms with Crippen LogP contribution in [0.5, 0.6) is 0 Å². The molecular formula is C17H25N3O6S. The Labute approximate surface area is 159 Å². The van der Waals surface area contributed by atoms with Crippen molar-refractivity contribution in [2.24, 2.45) is 0 Å². The molecule has 2 amide bonds. The second kappa shape index (κ2) is 10.0. The minimum absolute atomic E-state index is 0.0271. The normalized spacial score (nSPS) is 12.1. The van der Waals surface area contributed by atoms with Crippen LogP contribution in [0.1, 0.15) is 30.6 Å². The lowest BCUT2D eigenvalue weighted by Crippen LogP contribution is -2.38. The van der Waals surface area contributed by atoms with Gasteiger partial charge in [0.25, 0.3) is 5.91 Å². The predicted octanol–water partition coefficient (Wildman–Crippen LogP) is 0.125. The van der Waals surface area contributed by atoms with Crippen LogP contribution in [0, 0.1) is 0 Å². The number of likely N-dealkylation sites (N-methyl/N-ethyl adjacent to an activating group) is 1. The lowest BCUT2D eigenvalue weighted by molar-refractivity contribution is -0.131. The number of carbonyl (C=O) groups excluding carboxylic acids is 3. The second-order valence-corrected chi connectivity index (χ2v) is 7.81. The Kier molecular flexibility index (Phi) is 8.38. The molecule has 1 aromatic rings. The Morgan fingerprint density at radius 1 is 1.15 bits per heavy atom. The van der Waals surface area contributed by atoms with E-state index in [4.69, 9.17) is 4.74 Å². The van der Waals surface area contributed by atoms with Gasteiger partial charge in [-0.25, -0.2) is 17.9 Å². The van der Waals surface area contributed by atoms with Gasteiger partial charge in [0, 0.05) is 20.1 Å². The maximum Gasteiger partial charge on any atom is 0.338 e. The fourth-order valence-corrected chi connectivity index (χ4v) is 3.11. The number of esters is 1. The Morgan fingerprint density at radius 2 is 1.74 bits per heavy atom. The van der Waals surface area contributed by atoms with E-state index in [-0.39, 0.29) is 29.0 Å². The van der Waals surface area contributed by atoms with Crippen LogP contribution < -0.4 is 10.0 Å². The van der Waals surface area contributed by atoms with Gasteiger partial charge in [0.1, 0.15) is 0 Å². The van der Waals surface area contributed by atoms with Gasteiger partial charge in [-0.05, 0) is 37.6 Å². The molecule has 0 bridgehead atoms. The Morgan fingerprint density at radius 3 is 2.26 bits per heavy atom. The number of carbonyl (C=O) groups is 3. The van der Waals surface area contributed by atoms with E-state index in [2.05, 4.69) is 10.0 Å². The molecule has 0 radical (unpaired) electrons. The van der Waals surface area contributed by atoms with Crippen LogP contribution in [0.4, 0.5) is 0 Å². The molecule has 1 atom stereocenters. The molecule has 10 heteroatoms. The number of amides is 2. The molecule has 0 aromatic heterocycles. The zero-order chi connectivity index (χ0) is 20.6. The van der Waals surface area contributed by atoms with Crippen LogP contribution >= 0.6 is 0 Å². The highest BCUT2D eigenvalue weighted by atomic mass is 32.2. The van der Waals surface area contributed by atoms with E-state index < -0.39 is 28.5 Å². The highest BCUT2D eigenvalue weighted by Gasteiger charge is 2.18.